The average molecular weight is 240 g/mol. The van der Waals surface area contributed by atoms with Crippen LogP contribution in [0.25, 0.3) is 0 Å². The van der Waals surface area contributed by atoms with E-state index in [2.05, 4.69) is 24.5 Å². The SMILES string of the molecule is CC1(C)CCCNC1CNCCC1CCCO1. The predicted octanol–water partition coefficient (Wildman–Crippen LogP) is 1.92. The molecule has 0 radical (unpaired) electrons. The third kappa shape index (κ3) is 3.94. The smallest absolute Gasteiger partial charge is 0.0588 e. The maximum Gasteiger partial charge on any atom is 0.0588 e. The summed E-state index contributed by atoms with van der Waals surface area (Å²) in [5, 5.41) is 7.24. The first-order valence-electron chi connectivity index (χ1n) is 7.24. The molecule has 0 bridgehead atoms. The predicted molar refractivity (Wildman–Crippen MR) is 71.3 cm³/mol. The van der Waals surface area contributed by atoms with E-state index in [1.54, 1.807) is 0 Å². The lowest BCUT2D eigenvalue weighted by molar-refractivity contribution is 0.103. The van der Waals surface area contributed by atoms with Gasteiger partial charge >= 0.3 is 0 Å². The summed E-state index contributed by atoms with van der Waals surface area (Å²) in [4.78, 5) is 0. The monoisotopic (exact) mass is 240 g/mol. The van der Waals surface area contributed by atoms with Crippen LogP contribution in [0, 0.1) is 5.41 Å². The van der Waals surface area contributed by atoms with Crippen LogP contribution >= 0.6 is 0 Å². The van der Waals surface area contributed by atoms with Crippen molar-refractivity contribution in [2.75, 3.05) is 26.2 Å². The summed E-state index contributed by atoms with van der Waals surface area (Å²) in [5.74, 6) is 0. The van der Waals surface area contributed by atoms with Crippen molar-refractivity contribution in [1.29, 1.82) is 0 Å². The molecule has 100 valence electrons. The zero-order chi connectivity index (χ0) is 12.1. The molecule has 2 unspecified atom stereocenters. The van der Waals surface area contributed by atoms with E-state index in [0.717, 1.165) is 19.7 Å². The van der Waals surface area contributed by atoms with Crippen LogP contribution < -0.4 is 10.6 Å². The molecule has 0 aromatic heterocycles. The van der Waals surface area contributed by atoms with Crippen molar-refractivity contribution in [2.45, 2.75) is 58.1 Å². The summed E-state index contributed by atoms with van der Waals surface area (Å²) < 4.78 is 5.63. The Morgan fingerprint density at radius 1 is 1.35 bits per heavy atom. The summed E-state index contributed by atoms with van der Waals surface area (Å²) in [5.41, 5.74) is 0.440. The van der Waals surface area contributed by atoms with Gasteiger partial charge in [-0.25, -0.2) is 0 Å². The highest BCUT2D eigenvalue weighted by Gasteiger charge is 2.31. The Morgan fingerprint density at radius 3 is 2.94 bits per heavy atom. The lowest BCUT2D eigenvalue weighted by Gasteiger charge is -2.39. The molecule has 2 atom stereocenters. The number of rotatable bonds is 5. The molecule has 17 heavy (non-hydrogen) atoms. The van der Waals surface area contributed by atoms with Crippen molar-refractivity contribution in [3.8, 4) is 0 Å². The summed E-state index contributed by atoms with van der Waals surface area (Å²) in [6, 6.07) is 0.626. The number of hydrogen-bond donors (Lipinski definition) is 2. The molecule has 0 spiro atoms. The molecule has 3 heteroatoms. The van der Waals surface area contributed by atoms with Gasteiger partial charge in [-0.05, 0) is 50.6 Å². The largest absolute Gasteiger partial charge is 0.378 e. The van der Waals surface area contributed by atoms with Gasteiger partial charge in [-0.1, -0.05) is 13.8 Å². The molecule has 3 nitrogen and oxygen atoms in total. The molecule has 2 fully saturated rings. The molecule has 2 aliphatic rings. The fraction of sp³-hybridized carbons (Fsp3) is 1.00. The molecule has 0 saturated carbocycles. The van der Waals surface area contributed by atoms with E-state index in [1.165, 1.54) is 38.6 Å². The zero-order valence-corrected chi connectivity index (χ0v) is 11.4. The Hall–Kier alpha value is -0.120. The standard InChI is InChI=1S/C14H28N2O/c1-14(2)7-4-8-16-13(14)11-15-9-6-12-5-3-10-17-12/h12-13,15-16H,3-11H2,1-2H3. The van der Waals surface area contributed by atoms with Gasteiger partial charge in [0.25, 0.3) is 0 Å². The van der Waals surface area contributed by atoms with E-state index < -0.39 is 0 Å². The Balaban J connectivity index is 1.60. The molecule has 2 aliphatic heterocycles. The summed E-state index contributed by atoms with van der Waals surface area (Å²) in [6.45, 7) is 9.11. The first-order valence-corrected chi connectivity index (χ1v) is 7.24. The topological polar surface area (TPSA) is 33.3 Å². The molecule has 2 heterocycles. The van der Waals surface area contributed by atoms with Crippen molar-refractivity contribution < 1.29 is 4.74 Å². The quantitative estimate of drug-likeness (QED) is 0.720. The van der Waals surface area contributed by atoms with Gasteiger partial charge in [0.05, 0.1) is 6.10 Å². The van der Waals surface area contributed by atoms with E-state index in [1.807, 2.05) is 0 Å². The lowest BCUT2D eigenvalue weighted by atomic mass is 9.77. The average Bonchev–Trinajstić information content (AvgIpc) is 2.79. The van der Waals surface area contributed by atoms with Gasteiger partial charge in [-0.3, -0.25) is 0 Å². The van der Waals surface area contributed by atoms with Gasteiger partial charge in [0, 0.05) is 19.2 Å². The Labute approximate surface area is 106 Å². The maximum atomic E-state index is 5.63. The van der Waals surface area contributed by atoms with Crippen LogP contribution in [0.2, 0.25) is 0 Å². The van der Waals surface area contributed by atoms with E-state index in [0.29, 0.717) is 17.6 Å². The van der Waals surface area contributed by atoms with E-state index in [4.69, 9.17) is 4.74 Å². The molecule has 2 saturated heterocycles. The van der Waals surface area contributed by atoms with Crippen LogP contribution in [0.3, 0.4) is 0 Å². The third-order valence-corrected chi connectivity index (χ3v) is 4.35. The van der Waals surface area contributed by atoms with Gasteiger partial charge in [0.2, 0.25) is 0 Å². The van der Waals surface area contributed by atoms with E-state index >= 15 is 0 Å². The molecule has 0 aliphatic carbocycles. The summed E-state index contributed by atoms with van der Waals surface area (Å²) >= 11 is 0. The first kappa shape index (κ1) is 13.3. The zero-order valence-electron chi connectivity index (χ0n) is 11.4. The van der Waals surface area contributed by atoms with Gasteiger partial charge in [0.1, 0.15) is 0 Å². The second-order valence-corrected chi connectivity index (χ2v) is 6.23. The van der Waals surface area contributed by atoms with Crippen LogP contribution in [0.1, 0.15) is 46.0 Å². The van der Waals surface area contributed by atoms with Crippen molar-refractivity contribution in [2.24, 2.45) is 5.41 Å². The first-order chi connectivity index (χ1) is 8.18. The minimum absolute atomic E-state index is 0.440. The van der Waals surface area contributed by atoms with Crippen LogP contribution in [0.4, 0.5) is 0 Å². The second-order valence-electron chi connectivity index (χ2n) is 6.23. The minimum atomic E-state index is 0.440. The summed E-state index contributed by atoms with van der Waals surface area (Å²) in [6.07, 6.45) is 6.87. The van der Waals surface area contributed by atoms with Crippen molar-refractivity contribution in [3.63, 3.8) is 0 Å². The fourth-order valence-corrected chi connectivity index (χ4v) is 3.00. The minimum Gasteiger partial charge on any atom is -0.378 e. The molecule has 2 rings (SSSR count). The number of ether oxygens (including phenoxy) is 1. The lowest BCUT2D eigenvalue weighted by Crippen LogP contribution is -2.52. The Bertz CT molecular complexity index is 224. The van der Waals surface area contributed by atoms with Crippen molar-refractivity contribution >= 4 is 0 Å². The molecule has 0 aromatic rings. The van der Waals surface area contributed by atoms with E-state index in [9.17, 15) is 0 Å². The highest BCUT2D eigenvalue weighted by Crippen LogP contribution is 2.29. The van der Waals surface area contributed by atoms with Crippen LogP contribution in [0.5, 0.6) is 0 Å². The number of hydrogen-bond acceptors (Lipinski definition) is 3. The highest BCUT2D eigenvalue weighted by molar-refractivity contribution is 4.89. The van der Waals surface area contributed by atoms with Gasteiger partial charge in [0.15, 0.2) is 0 Å². The van der Waals surface area contributed by atoms with Gasteiger partial charge < -0.3 is 15.4 Å². The molecule has 0 aromatic carbocycles. The van der Waals surface area contributed by atoms with Gasteiger partial charge in [-0.15, -0.1) is 0 Å². The normalized spacial score (nSPS) is 32.8. The molecular weight excluding hydrogens is 212 g/mol. The Kier molecular flexibility index (Phi) is 4.83. The van der Waals surface area contributed by atoms with Crippen molar-refractivity contribution in [1.82, 2.24) is 10.6 Å². The van der Waals surface area contributed by atoms with Gasteiger partial charge in [-0.2, -0.15) is 0 Å². The van der Waals surface area contributed by atoms with Crippen LogP contribution in [-0.2, 0) is 4.74 Å². The second kappa shape index (κ2) is 6.17. The van der Waals surface area contributed by atoms with Crippen molar-refractivity contribution in [3.05, 3.63) is 0 Å². The fourth-order valence-electron chi connectivity index (χ4n) is 3.00. The highest BCUT2D eigenvalue weighted by atomic mass is 16.5. The number of nitrogens with one attached hydrogen (secondary N) is 2. The maximum absolute atomic E-state index is 5.63. The molecule has 2 N–H and O–H groups in total. The van der Waals surface area contributed by atoms with Crippen LogP contribution in [0.15, 0.2) is 0 Å². The van der Waals surface area contributed by atoms with Crippen LogP contribution in [-0.4, -0.2) is 38.4 Å². The van der Waals surface area contributed by atoms with E-state index in [-0.39, 0.29) is 0 Å². The third-order valence-electron chi connectivity index (χ3n) is 4.35. The summed E-state index contributed by atoms with van der Waals surface area (Å²) in [7, 11) is 0. The molecular formula is C14H28N2O. The molecule has 0 amide bonds. The number of piperidine rings is 1. The Morgan fingerprint density at radius 2 is 2.24 bits per heavy atom.